The largest absolute Gasteiger partial charge is 0.351 e. The molecule has 0 spiro atoms. The van der Waals surface area contributed by atoms with Gasteiger partial charge >= 0.3 is 0 Å². The first-order valence-corrected chi connectivity index (χ1v) is 12.8. The Kier molecular flexibility index (Phi) is 7.54. The van der Waals surface area contributed by atoms with Crippen LogP contribution in [-0.4, -0.2) is 31.3 Å². The molecule has 3 aliphatic rings. The molecule has 1 aromatic carbocycles. The minimum atomic E-state index is -0.357. The number of hydrogen-bond acceptors (Lipinski definition) is 3. The molecule has 4 rings (SSSR count). The number of carbonyl (C=O) groups is 1. The van der Waals surface area contributed by atoms with Gasteiger partial charge in [-0.05, 0) is 98.7 Å². The molecule has 1 saturated heterocycles. The highest BCUT2D eigenvalue weighted by Crippen LogP contribution is 2.50. The number of hydrogen-bond donors (Lipinski definition) is 2. The van der Waals surface area contributed by atoms with Crippen LogP contribution in [0.1, 0.15) is 75.8 Å². The fraction of sp³-hybridized carbons (Fsp3) is 0.552. The van der Waals surface area contributed by atoms with Gasteiger partial charge in [0, 0.05) is 30.3 Å². The molecular weight excluding hydrogens is 425 g/mol. The van der Waals surface area contributed by atoms with E-state index in [1.165, 1.54) is 5.56 Å². The molecule has 182 valence electrons. The molecule has 0 saturated carbocycles. The Labute approximate surface area is 203 Å². The van der Waals surface area contributed by atoms with E-state index in [1.54, 1.807) is 18.3 Å². The Morgan fingerprint density at radius 2 is 2.09 bits per heavy atom. The Bertz CT molecular complexity index is 1030. The van der Waals surface area contributed by atoms with Crippen molar-refractivity contribution in [3.05, 3.63) is 65.3 Å². The van der Waals surface area contributed by atoms with Crippen molar-refractivity contribution in [1.29, 1.82) is 0 Å². The smallest absolute Gasteiger partial charge is 0.255 e. The molecule has 0 bridgehead atoms. The lowest BCUT2D eigenvalue weighted by Gasteiger charge is -2.43. The number of aliphatic imine (C=N–C) groups is 1. The zero-order valence-corrected chi connectivity index (χ0v) is 20.8. The van der Waals surface area contributed by atoms with E-state index >= 15 is 0 Å². The topological polar surface area (TPSA) is 53.5 Å². The van der Waals surface area contributed by atoms with Crippen molar-refractivity contribution in [1.82, 2.24) is 10.6 Å². The minimum Gasteiger partial charge on any atom is -0.351 e. The number of carbonyl (C=O) groups excluding carboxylic acids is 1. The second kappa shape index (κ2) is 10.4. The maximum Gasteiger partial charge on any atom is 0.255 e. The van der Waals surface area contributed by atoms with E-state index in [9.17, 15) is 9.18 Å². The van der Waals surface area contributed by atoms with Crippen molar-refractivity contribution < 1.29 is 9.18 Å². The van der Waals surface area contributed by atoms with Crippen molar-refractivity contribution in [2.45, 2.75) is 64.7 Å². The Morgan fingerprint density at radius 1 is 1.32 bits per heavy atom. The third-order valence-corrected chi connectivity index (χ3v) is 8.48. The maximum atomic E-state index is 14.0. The van der Waals surface area contributed by atoms with E-state index in [1.807, 2.05) is 12.1 Å². The van der Waals surface area contributed by atoms with Crippen LogP contribution in [0.5, 0.6) is 0 Å². The summed E-state index contributed by atoms with van der Waals surface area (Å²) in [6, 6.07) is 5.26. The van der Waals surface area contributed by atoms with Crippen LogP contribution in [-0.2, 0) is 4.79 Å². The van der Waals surface area contributed by atoms with Crippen LogP contribution in [0.15, 0.2) is 53.4 Å². The first kappa shape index (κ1) is 24.6. The number of fused-ring (bicyclic) bond motifs is 1. The summed E-state index contributed by atoms with van der Waals surface area (Å²) >= 11 is 0. The molecule has 5 heteroatoms. The van der Waals surface area contributed by atoms with Crippen molar-refractivity contribution in [3.8, 4) is 0 Å². The summed E-state index contributed by atoms with van der Waals surface area (Å²) < 4.78 is 14.0. The second-order valence-electron chi connectivity index (χ2n) is 10.5. The fourth-order valence-corrected chi connectivity index (χ4v) is 5.98. The van der Waals surface area contributed by atoms with E-state index in [2.05, 4.69) is 48.7 Å². The summed E-state index contributed by atoms with van der Waals surface area (Å²) in [6.45, 7) is 13.2. The summed E-state index contributed by atoms with van der Waals surface area (Å²) in [6.07, 6.45) is 8.39. The quantitative estimate of drug-likeness (QED) is 0.537. The SMILES string of the molecule is C=C/N=C1/CC(C(=O)NCC2CCNCC2)=C=CC1(C)C(C)C1CCC(C)c2cc(F)ccc21. The average Bonchev–Trinajstić information content (AvgIpc) is 2.85. The number of amides is 1. The van der Waals surface area contributed by atoms with E-state index in [4.69, 9.17) is 0 Å². The monoisotopic (exact) mass is 463 g/mol. The fourth-order valence-electron chi connectivity index (χ4n) is 5.98. The number of nitrogens with zero attached hydrogens (tertiary/aromatic N) is 1. The van der Waals surface area contributed by atoms with Crippen molar-refractivity contribution in [2.75, 3.05) is 19.6 Å². The summed E-state index contributed by atoms with van der Waals surface area (Å²) in [7, 11) is 0. The normalized spacial score (nSPS) is 29.3. The van der Waals surface area contributed by atoms with Gasteiger partial charge < -0.3 is 10.6 Å². The van der Waals surface area contributed by atoms with Gasteiger partial charge in [0.1, 0.15) is 5.82 Å². The number of rotatable bonds is 6. The highest BCUT2D eigenvalue weighted by atomic mass is 19.1. The molecule has 4 unspecified atom stereocenters. The summed E-state index contributed by atoms with van der Waals surface area (Å²) in [5.41, 5.74) is 6.94. The van der Waals surface area contributed by atoms with E-state index in [0.29, 0.717) is 36.3 Å². The molecule has 4 atom stereocenters. The van der Waals surface area contributed by atoms with Gasteiger partial charge in [0.25, 0.3) is 5.91 Å². The summed E-state index contributed by atoms with van der Waals surface area (Å²) in [5.74, 6) is 1.19. The van der Waals surface area contributed by atoms with E-state index < -0.39 is 0 Å². The molecule has 1 heterocycles. The maximum absolute atomic E-state index is 14.0. The third kappa shape index (κ3) is 4.96. The molecule has 4 nitrogen and oxygen atoms in total. The van der Waals surface area contributed by atoms with Gasteiger partial charge in [-0.25, -0.2) is 4.39 Å². The Hall–Kier alpha value is -2.49. The van der Waals surface area contributed by atoms with Crippen molar-refractivity contribution >= 4 is 11.6 Å². The van der Waals surface area contributed by atoms with Crippen LogP contribution in [0.2, 0.25) is 0 Å². The van der Waals surface area contributed by atoms with Gasteiger partial charge in [0.15, 0.2) is 0 Å². The van der Waals surface area contributed by atoms with Crippen LogP contribution >= 0.6 is 0 Å². The number of halogens is 1. The number of benzene rings is 1. The average molecular weight is 464 g/mol. The first-order chi connectivity index (χ1) is 16.3. The molecule has 1 aliphatic heterocycles. The minimum absolute atomic E-state index is 0.0476. The zero-order chi connectivity index (χ0) is 24.3. The van der Waals surface area contributed by atoms with Crippen LogP contribution in [0, 0.1) is 23.1 Å². The van der Waals surface area contributed by atoms with Crippen molar-refractivity contribution in [3.63, 3.8) is 0 Å². The predicted octanol–water partition coefficient (Wildman–Crippen LogP) is 5.63. The number of nitrogens with one attached hydrogen (secondary N) is 2. The molecule has 34 heavy (non-hydrogen) atoms. The first-order valence-electron chi connectivity index (χ1n) is 12.8. The highest BCUT2D eigenvalue weighted by molar-refractivity contribution is 6.04. The Balaban J connectivity index is 1.58. The molecule has 2 aliphatic carbocycles. The van der Waals surface area contributed by atoms with Gasteiger partial charge in [-0.1, -0.05) is 26.5 Å². The van der Waals surface area contributed by atoms with Crippen LogP contribution in [0.25, 0.3) is 0 Å². The summed E-state index contributed by atoms with van der Waals surface area (Å²) in [4.78, 5) is 17.6. The highest BCUT2D eigenvalue weighted by Gasteiger charge is 2.43. The molecule has 1 fully saturated rings. The van der Waals surface area contributed by atoms with Gasteiger partial charge in [-0.3, -0.25) is 9.79 Å². The second-order valence-corrected chi connectivity index (χ2v) is 10.5. The van der Waals surface area contributed by atoms with Crippen LogP contribution in [0.3, 0.4) is 0 Å². The molecule has 0 radical (unpaired) electrons. The number of piperidine rings is 1. The van der Waals surface area contributed by atoms with Gasteiger partial charge in [-0.15, -0.1) is 5.73 Å². The van der Waals surface area contributed by atoms with Crippen LogP contribution in [0.4, 0.5) is 4.39 Å². The predicted molar refractivity (Wildman–Crippen MR) is 137 cm³/mol. The van der Waals surface area contributed by atoms with Gasteiger partial charge in [-0.2, -0.15) is 0 Å². The Morgan fingerprint density at radius 3 is 2.82 bits per heavy atom. The third-order valence-electron chi connectivity index (χ3n) is 8.48. The molecular formula is C29H38FN3O. The standard InChI is InChI=1S/C29H38FN3O/c1-5-32-27-16-22(28(34)33-18-21-11-14-31-15-12-21)10-13-29(27,4)20(3)24-8-6-19(2)26-17-23(30)7-9-25(24)26/h5,7,9,13,17,19-21,24,31H,1,6,8,11-12,14-16,18H2,2-4H3,(H,33,34)/b32-27-. The van der Waals surface area contributed by atoms with Crippen LogP contribution < -0.4 is 10.6 Å². The van der Waals surface area contributed by atoms with Gasteiger partial charge in [0.2, 0.25) is 0 Å². The molecule has 1 amide bonds. The van der Waals surface area contributed by atoms with E-state index in [0.717, 1.165) is 50.0 Å². The zero-order valence-electron chi connectivity index (χ0n) is 20.8. The molecule has 1 aromatic rings. The molecule has 0 aromatic heterocycles. The molecule has 2 N–H and O–H groups in total. The lowest BCUT2D eigenvalue weighted by molar-refractivity contribution is -0.117. The van der Waals surface area contributed by atoms with E-state index in [-0.39, 0.29) is 23.1 Å². The lowest BCUT2D eigenvalue weighted by atomic mass is 9.61. The van der Waals surface area contributed by atoms with Gasteiger partial charge in [0.05, 0.1) is 5.57 Å². The van der Waals surface area contributed by atoms with Crippen molar-refractivity contribution in [2.24, 2.45) is 22.2 Å². The summed E-state index contributed by atoms with van der Waals surface area (Å²) in [5, 5.41) is 6.49. The lowest BCUT2D eigenvalue weighted by Crippen LogP contribution is -2.41.